The molecule has 0 N–H and O–H groups in total. The van der Waals surface area contributed by atoms with Gasteiger partial charge in [-0.3, -0.25) is 0 Å². The number of hydrogen-bond donors (Lipinski definition) is 0. The molecule has 0 saturated carbocycles. The van der Waals surface area contributed by atoms with Gasteiger partial charge in [0.25, 0.3) is 0 Å². The van der Waals surface area contributed by atoms with Crippen LogP contribution in [0, 0.1) is 0 Å². The smallest absolute Gasteiger partial charge is 0.116 e. The molecule has 4 heteroatoms. The molecule has 0 fully saturated rings. The second-order valence-corrected chi connectivity index (χ2v) is 18.7. The molecule has 0 radical (unpaired) electrons. The molecule has 2 aromatic carbocycles. The predicted molar refractivity (Wildman–Crippen MR) is 111 cm³/mol. The fourth-order valence-corrected chi connectivity index (χ4v) is 5.20. The highest BCUT2D eigenvalue weighted by Crippen LogP contribution is 2.25. The van der Waals surface area contributed by atoms with Crippen molar-refractivity contribution in [1.29, 1.82) is 0 Å². The van der Waals surface area contributed by atoms with E-state index in [0.717, 1.165) is 16.6 Å². The van der Waals surface area contributed by atoms with E-state index in [9.17, 15) is 0 Å². The van der Waals surface area contributed by atoms with Crippen LogP contribution in [-0.2, 0) is 0 Å². The lowest BCUT2D eigenvalue weighted by Gasteiger charge is -2.18. The summed E-state index contributed by atoms with van der Waals surface area (Å²) in [6.07, 6.45) is 1.69. The van der Waals surface area contributed by atoms with E-state index in [4.69, 9.17) is 0 Å². The van der Waals surface area contributed by atoms with Gasteiger partial charge < -0.3 is 0 Å². The van der Waals surface area contributed by atoms with Crippen LogP contribution in [0.25, 0.3) is 22.2 Å². The van der Waals surface area contributed by atoms with E-state index < -0.39 is 16.1 Å². The van der Waals surface area contributed by atoms with Gasteiger partial charge in [-0.1, -0.05) is 86.1 Å². The predicted octanol–water partition coefficient (Wildman–Crippen LogP) is 4.39. The van der Waals surface area contributed by atoms with Crippen LogP contribution in [0.1, 0.15) is 0 Å². The Kier molecular flexibility index (Phi) is 4.22. The minimum atomic E-state index is -1.33. The number of nitrogens with zero attached hydrogens (tertiary/aromatic N) is 2. The second kappa shape index (κ2) is 5.94. The Morgan fingerprint density at radius 3 is 1.83 bits per heavy atom. The van der Waals surface area contributed by atoms with Gasteiger partial charge in [0.1, 0.15) is 6.33 Å². The number of benzene rings is 2. The molecule has 1 aromatic heterocycles. The molecule has 0 spiro atoms. The van der Waals surface area contributed by atoms with E-state index in [2.05, 4.69) is 91.7 Å². The molecule has 0 saturated heterocycles. The molecule has 0 unspecified atom stereocenters. The average molecular weight is 351 g/mol. The van der Waals surface area contributed by atoms with E-state index in [1.807, 2.05) is 0 Å². The molecule has 0 aliphatic heterocycles. The molecular formula is C20H26N2Si2. The van der Waals surface area contributed by atoms with Gasteiger partial charge in [0, 0.05) is 10.9 Å². The van der Waals surface area contributed by atoms with Gasteiger partial charge in [-0.05, 0) is 6.07 Å². The van der Waals surface area contributed by atoms with E-state index in [1.54, 1.807) is 6.33 Å². The molecule has 0 bridgehead atoms. The van der Waals surface area contributed by atoms with Crippen molar-refractivity contribution in [2.75, 3.05) is 0 Å². The summed E-state index contributed by atoms with van der Waals surface area (Å²) in [5, 5.41) is 4.06. The molecule has 0 aliphatic carbocycles. The molecule has 124 valence electrons. The molecule has 3 aromatic rings. The fourth-order valence-electron chi connectivity index (χ4n) is 2.88. The Hall–Kier alpha value is -1.79. The first-order chi connectivity index (χ1) is 11.2. The van der Waals surface area contributed by atoms with Gasteiger partial charge in [-0.2, -0.15) is 0 Å². The zero-order valence-electron chi connectivity index (χ0n) is 15.5. The average Bonchev–Trinajstić information content (AvgIpc) is 2.52. The first-order valence-electron chi connectivity index (χ1n) is 8.52. The van der Waals surface area contributed by atoms with Crippen molar-refractivity contribution in [2.24, 2.45) is 0 Å². The molecule has 0 atom stereocenters. The van der Waals surface area contributed by atoms with Crippen LogP contribution < -0.4 is 10.4 Å². The topological polar surface area (TPSA) is 25.8 Å². The largest absolute Gasteiger partial charge is 0.236 e. The van der Waals surface area contributed by atoms with Crippen molar-refractivity contribution in [3.63, 3.8) is 0 Å². The molecule has 24 heavy (non-hydrogen) atoms. The summed E-state index contributed by atoms with van der Waals surface area (Å²) in [6, 6.07) is 15.7. The Labute approximate surface area is 147 Å². The minimum Gasteiger partial charge on any atom is -0.236 e. The molecular weight excluding hydrogens is 324 g/mol. The Morgan fingerprint density at radius 1 is 0.667 bits per heavy atom. The molecule has 2 nitrogen and oxygen atoms in total. The second-order valence-electron chi connectivity index (χ2n) is 8.53. The third-order valence-electron chi connectivity index (χ3n) is 4.53. The maximum absolute atomic E-state index is 4.57. The summed E-state index contributed by atoms with van der Waals surface area (Å²) in [5.74, 6) is 0. The lowest BCUT2D eigenvalue weighted by Crippen LogP contribution is -2.37. The zero-order chi connectivity index (χ0) is 17.5. The highest BCUT2D eigenvalue weighted by molar-refractivity contribution is 6.89. The van der Waals surface area contributed by atoms with Crippen LogP contribution in [-0.4, -0.2) is 26.1 Å². The maximum Gasteiger partial charge on any atom is 0.116 e. The van der Waals surface area contributed by atoms with E-state index in [1.165, 1.54) is 15.9 Å². The molecule has 0 amide bonds. The van der Waals surface area contributed by atoms with Crippen molar-refractivity contribution in [3.8, 4) is 11.3 Å². The standard InChI is InChI=1S/C20H26N2Si2/c1-23(2,3)16-9-7-15(8-10-16)20-18-12-11-17(24(4,5)6)13-19(18)21-14-22-20/h7-14H,1-6H3. The van der Waals surface area contributed by atoms with Gasteiger partial charge in [0.15, 0.2) is 0 Å². The van der Waals surface area contributed by atoms with Crippen molar-refractivity contribution >= 4 is 37.4 Å². The summed E-state index contributed by atoms with van der Waals surface area (Å²) in [4.78, 5) is 9.09. The Morgan fingerprint density at radius 2 is 1.25 bits per heavy atom. The van der Waals surface area contributed by atoms with E-state index >= 15 is 0 Å². The van der Waals surface area contributed by atoms with Gasteiger partial charge in [0.05, 0.1) is 27.4 Å². The SMILES string of the molecule is C[Si](C)(C)c1ccc(-c2ncnc3cc([Si](C)(C)C)ccc23)cc1. The fraction of sp³-hybridized carbons (Fsp3) is 0.300. The summed E-state index contributed by atoms with van der Waals surface area (Å²) in [6.45, 7) is 14.2. The van der Waals surface area contributed by atoms with Crippen LogP contribution in [0.5, 0.6) is 0 Å². The number of fused-ring (bicyclic) bond motifs is 1. The van der Waals surface area contributed by atoms with Crippen molar-refractivity contribution in [1.82, 2.24) is 9.97 Å². The van der Waals surface area contributed by atoms with Gasteiger partial charge in [-0.15, -0.1) is 0 Å². The highest BCUT2D eigenvalue weighted by atomic mass is 28.3. The summed E-state index contributed by atoms with van der Waals surface area (Å²) < 4.78 is 0. The third-order valence-corrected chi connectivity index (χ3v) is 8.64. The first-order valence-corrected chi connectivity index (χ1v) is 15.5. The summed E-state index contributed by atoms with van der Waals surface area (Å²) >= 11 is 0. The summed E-state index contributed by atoms with van der Waals surface area (Å²) in [7, 11) is -2.60. The van der Waals surface area contributed by atoms with Crippen molar-refractivity contribution in [2.45, 2.75) is 39.3 Å². The molecule has 0 aliphatic rings. The van der Waals surface area contributed by atoms with E-state index in [-0.39, 0.29) is 0 Å². The maximum atomic E-state index is 4.57. The lowest BCUT2D eigenvalue weighted by molar-refractivity contribution is 1.23. The number of aromatic nitrogens is 2. The minimum absolute atomic E-state index is 1.03. The first kappa shape index (κ1) is 17.1. The van der Waals surface area contributed by atoms with Crippen LogP contribution in [0.2, 0.25) is 39.3 Å². The van der Waals surface area contributed by atoms with Gasteiger partial charge in [-0.25, -0.2) is 9.97 Å². The van der Waals surface area contributed by atoms with Crippen LogP contribution in [0.4, 0.5) is 0 Å². The monoisotopic (exact) mass is 350 g/mol. The number of hydrogen-bond acceptors (Lipinski definition) is 2. The van der Waals surface area contributed by atoms with Crippen LogP contribution in [0.15, 0.2) is 48.8 Å². The zero-order valence-corrected chi connectivity index (χ0v) is 17.5. The van der Waals surface area contributed by atoms with Gasteiger partial charge >= 0.3 is 0 Å². The normalized spacial score (nSPS) is 12.6. The van der Waals surface area contributed by atoms with Crippen molar-refractivity contribution < 1.29 is 0 Å². The molecule has 1 heterocycles. The lowest BCUT2D eigenvalue weighted by atomic mass is 10.1. The van der Waals surface area contributed by atoms with Crippen LogP contribution >= 0.6 is 0 Å². The third kappa shape index (κ3) is 3.35. The summed E-state index contributed by atoms with van der Waals surface area (Å²) in [5.41, 5.74) is 3.25. The highest BCUT2D eigenvalue weighted by Gasteiger charge is 2.18. The van der Waals surface area contributed by atoms with E-state index in [0.29, 0.717) is 0 Å². The quantitative estimate of drug-likeness (QED) is 0.655. The van der Waals surface area contributed by atoms with Crippen molar-refractivity contribution in [3.05, 3.63) is 48.8 Å². The number of rotatable bonds is 3. The molecule has 3 rings (SSSR count). The Bertz CT molecular complexity index is 873. The Balaban J connectivity index is 2.10. The van der Waals surface area contributed by atoms with Crippen LogP contribution in [0.3, 0.4) is 0 Å². The van der Waals surface area contributed by atoms with Gasteiger partial charge in [0.2, 0.25) is 0 Å².